The topological polar surface area (TPSA) is 48.5 Å². The maximum absolute atomic E-state index is 5.45. The van der Waals surface area contributed by atoms with Crippen molar-refractivity contribution in [3.63, 3.8) is 0 Å². The number of rotatable bonds is 7. The lowest BCUT2D eigenvalue weighted by molar-refractivity contribution is 1.08. The van der Waals surface area contributed by atoms with Crippen LogP contribution in [0, 0.1) is 6.92 Å². The second kappa shape index (κ2) is 14.5. The van der Waals surface area contributed by atoms with Crippen molar-refractivity contribution >= 4 is 82.0 Å². The van der Waals surface area contributed by atoms with Crippen molar-refractivity contribution in [1.29, 1.82) is 0 Å². The molecule has 0 saturated heterocycles. The highest BCUT2D eigenvalue weighted by Gasteiger charge is 2.23. The number of hydrogen-bond donors (Lipinski definition) is 0. The summed E-state index contributed by atoms with van der Waals surface area (Å²) in [5.41, 5.74) is 13.6. The Morgan fingerprint density at radius 1 is 0.581 bits per heavy atom. The molecular weight excluding hydrogens is 775 g/mol. The van der Waals surface area contributed by atoms with E-state index >= 15 is 0 Å². The minimum absolute atomic E-state index is 0.670. The van der Waals surface area contributed by atoms with Gasteiger partial charge < -0.3 is 4.57 Å². The van der Waals surface area contributed by atoms with E-state index in [4.69, 9.17) is 9.97 Å². The molecule has 5 aromatic heterocycles. The highest BCUT2D eigenvalue weighted by Crippen LogP contribution is 2.45. The van der Waals surface area contributed by atoms with Gasteiger partial charge in [-0.3, -0.25) is 9.55 Å². The Labute approximate surface area is 362 Å². The lowest BCUT2D eigenvalue weighted by Crippen LogP contribution is -2.01. The van der Waals surface area contributed by atoms with Gasteiger partial charge in [0.1, 0.15) is 0 Å². The van der Waals surface area contributed by atoms with Gasteiger partial charge in [0.15, 0.2) is 11.6 Å². The Morgan fingerprint density at radius 2 is 1.32 bits per heavy atom. The maximum atomic E-state index is 5.45. The third-order valence-corrected chi connectivity index (χ3v) is 13.4. The van der Waals surface area contributed by atoms with E-state index < -0.39 is 0 Å². The van der Waals surface area contributed by atoms with E-state index in [0.29, 0.717) is 5.82 Å². The second-order valence-corrected chi connectivity index (χ2v) is 17.0. The van der Waals surface area contributed by atoms with Gasteiger partial charge in [0.05, 0.1) is 32.3 Å². The summed E-state index contributed by atoms with van der Waals surface area (Å²) in [6.45, 7) is 4.42. The van der Waals surface area contributed by atoms with E-state index in [9.17, 15) is 0 Å². The lowest BCUT2D eigenvalue weighted by atomic mass is 9.97. The van der Waals surface area contributed by atoms with E-state index in [1.54, 1.807) is 23.7 Å². The number of thiophene rings is 1. The number of benzene rings is 7. The SMILES string of the molecule is CC/C=C\c1c(C)ccc2c1c1cccc(-c3ccc4c(c3)c3cc5ccccc5cc3n4-c3nc(-c4ccncc4)nc4cc(-c5ccccc5)sc34)c1n2-c1ccccc1. The van der Waals surface area contributed by atoms with Crippen LogP contribution in [0.3, 0.4) is 0 Å². The summed E-state index contributed by atoms with van der Waals surface area (Å²) < 4.78 is 5.87. The third-order valence-electron chi connectivity index (χ3n) is 12.3. The summed E-state index contributed by atoms with van der Waals surface area (Å²) in [6, 6.07) is 59.3. The minimum Gasteiger partial charge on any atom is -0.309 e. The average molecular weight is 814 g/mol. The molecular formula is C56H39N5S. The summed E-state index contributed by atoms with van der Waals surface area (Å²) in [4.78, 5) is 16.1. The molecule has 5 nitrogen and oxygen atoms in total. The summed E-state index contributed by atoms with van der Waals surface area (Å²) in [6.07, 6.45) is 9.18. The predicted molar refractivity (Wildman–Crippen MR) is 262 cm³/mol. The number of fused-ring (bicyclic) bond motifs is 8. The van der Waals surface area contributed by atoms with Crippen molar-refractivity contribution in [2.75, 3.05) is 0 Å². The normalized spacial score (nSPS) is 12.0. The van der Waals surface area contributed by atoms with Gasteiger partial charge in [0.2, 0.25) is 0 Å². The molecule has 0 atom stereocenters. The molecule has 0 unspecified atom stereocenters. The van der Waals surface area contributed by atoms with Crippen molar-refractivity contribution in [2.24, 2.45) is 0 Å². The number of aromatic nitrogens is 5. The van der Waals surface area contributed by atoms with E-state index in [-0.39, 0.29) is 0 Å². The monoisotopic (exact) mass is 813 g/mol. The molecule has 12 rings (SSSR count). The minimum atomic E-state index is 0.670. The molecule has 0 aliphatic rings. The molecule has 62 heavy (non-hydrogen) atoms. The van der Waals surface area contributed by atoms with Crippen LogP contribution in [0.1, 0.15) is 24.5 Å². The van der Waals surface area contributed by atoms with Gasteiger partial charge >= 0.3 is 0 Å². The zero-order chi connectivity index (χ0) is 41.3. The Morgan fingerprint density at radius 3 is 2.13 bits per heavy atom. The van der Waals surface area contributed by atoms with Gasteiger partial charge in [-0.1, -0.05) is 122 Å². The fourth-order valence-electron chi connectivity index (χ4n) is 9.36. The number of allylic oxidation sites excluding steroid dienone is 1. The summed E-state index contributed by atoms with van der Waals surface area (Å²) in [7, 11) is 0. The molecule has 0 amide bonds. The van der Waals surface area contributed by atoms with E-state index in [0.717, 1.165) is 60.7 Å². The van der Waals surface area contributed by atoms with Gasteiger partial charge in [0, 0.05) is 55.6 Å². The Bertz CT molecular complexity index is 3730. The second-order valence-electron chi connectivity index (χ2n) is 16.0. The molecule has 0 aliphatic carbocycles. The highest BCUT2D eigenvalue weighted by molar-refractivity contribution is 7.22. The van der Waals surface area contributed by atoms with Crippen LogP contribution < -0.4 is 0 Å². The van der Waals surface area contributed by atoms with Crippen molar-refractivity contribution in [1.82, 2.24) is 24.1 Å². The number of aryl methyl sites for hydroxylation is 1. The molecule has 6 heteroatoms. The molecule has 7 aromatic carbocycles. The van der Waals surface area contributed by atoms with E-state index in [1.807, 2.05) is 12.1 Å². The average Bonchev–Trinajstić information content (AvgIpc) is 4.01. The first-order valence-electron chi connectivity index (χ1n) is 21.2. The molecule has 0 saturated carbocycles. The first-order valence-corrected chi connectivity index (χ1v) is 22.0. The van der Waals surface area contributed by atoms with Crippen LogP contribution in [0.15, 0.2) is 182 Å². The fourth-order valence-corrected chi connectivity index (χ4v) is 10.4. The largest absolute Gasteiger partial charge is 0.309 e. The van der Waals surface area contributed by atoms with Gasteiger partial charge in [-0.2, -0.15) is 0 Å². The van der Waals surface area contributed by atoms with Crippen LogP contribution in [0.5, 0.6) is 0 Å². The summed E-state index contributed by atoms with van der Waals surface area (Å²) in [5, 5.41) is 7.25. The fraction of sp³-hybridized carbons (Fsp3) is 0.0536. The van der Waals surface area contributed by atoms with E-state index in [2.05, 4.69) is 192 Å². The molecule has 5 heterocycles. The number of hydrogen-bond acceptors (Lipinski definition) is 4. The molecule has 0 radical (unpaired) electrons. The zero-order valence-corrected chi connectivity index (χ0v) is 35.1. The first-order chi connectivity index (χ1) is 30.6. The highest BCUT2D eigenvalue weighted by atomic mass is 32.1. The Hall–Kier alpha value is -7.67. The van der Waals surface area contributed by atoms with Crippen LogP contribution in [0.2, 0.25) is 0 Å². The van der Waals surface area contributed by atoms with Crippen LogP contribution in [0.4, 0.5) is 0 Å². The Kier molecular flexibility index (Phi) is 8.47. The Balaban J connectivity index is 1.17. The summed E-state index contributed by atoms with van der Waals surface area (Å²) >= 11 is 1.74. The van der Waals surface area contributed by atoms with Gasteiger partial charge in [-0.15, -0.1) is 11.3 Å². The maximum Gasteiger partial charge on any atom is 0.162 e. The van der Waals surface area contributed by atoms with Gasteiger partial charge in [0.25, 0.3) is 0 Å². The van der Waals surface area contributed by atoms with Crippen LogP contribution in [-0.4, -0.2) is 24.1 Å². The number of pyridine rings is 1. The predicted octanol–water partition coefficient (Wildman–Crippen LogP) is 15.2. The van der Waals surface area contributed by atoms with Crippen molar-refractivity contribution < 1.29 is 0 Å². The van der Waals surface area contributed by atoms with E-state index in [1.165, 1.54) is 60.0 Å². The molecule has 0 N–H and O–H groups in total. The van der Waals surface area contributed by atoms with Crippen molar-refractivity contribution in [2.45, 2.75) is 20.3 Å². The van der Waals surface area contributed by atoms with Crippen LogP contribution in [-0.2, 0) is 0 Å². The molecule has 0 bridgehead atoms. The van der Waals surface area contributed by atoms with Gasteiger partial charge in [-0.05, 0) is 107 Å². The van der Waals surface area contributed by atoms with Crippen molar-refractivity contribution in [3.8, 4) is 44.5 Å². The number of para-hydroxylation sites is 2. The first kappa shape index (κ1) is 36.2. The van der Waals surface area contributed by atoms with Crippen LogP contribution in [0.25, 0.3) is 115 Å². The summed E-state index contributed by atoms with van der Waals surface area (Å²) in [5.74, 6) is 1.54. The molecule has 12 aromatic rings. The lowest BCUT2D eigenvalue weighted by Gasteiger charge is -2.13. The van der Waals surface area contributed by atoms with Crippen LogP contribution >= 0.6 is 11.3 Å². The number of nitrogens with zero attached hydrogens (tertiary/aromatic N) is 5. The van der Waals surface area contributed by atoms with Crippen molar-refractivity contribution in [3.05, 3.63) is 193 Å². The third kappa shape index (κ3) is 5.71. The standard InChI is InChI=1S/C56H39N5S/c1-3-4-20-42-35(2)23-25-49-52(42)44-22-13-21-43(53(44)60(49)41-18-9-6-10-19-41)40-24-26-48-45(32-40)46-31-38-16-11-12-17-39(38)33-50(46)61(48)56-54-47(34-51(62-54)36-14-7-5-8-15-36)58-55(59-56)37-27-29-57-30-28-37/h4-34H,3H2,1-2H3/b20-4-. The zero-order valence-electron chi connectivity index (χ0n) is 34.2. The molecule has 0 spiro atoms. The quantitative estimate of drug-likeness (QED) is 0.161. The molecule has 0 fully saturated rings. The molecule has 0 aliphatic heterocycles. The molecule has 294 valence electrons. The smallest absolute Gasteiger partial charge is 0.162 e. The van der Waals surface area contributed by atoms with Gasteiger partial charge in [-0.25, -0.2) is 9.97 Å².